The number of rotatable bonds is 6. The topological polar surface area (TPSA) is 76.7 Å². The largest absolute Gasteiger partial charge is 0.493 e. The second-order valence-corrected chi connectivity index (χ2v) is 11.2. The minimum absolute atomic E-state index is 0.123. The third kappa shape index (κ3) is 4.81. The van der Waals surface area contributed by atoms with Crippen molar-refractivity contribution in [3.8, 4) is 11.5 Å². The van der Waals surface area contributed by atoms with Crippen LogP contribution in [0.1, 0.15) is 43.9 Å². The van der Waals surface area contributed by atoms with Crippen molar-refractivity contribution in [3.05, 3.63) is 102 Å². The average Bonchev–Trinajstić information content (AvgIpc) is 2.95. The van der Waals surface area contributed by atoms with Gasteiger partial charge >= 0.3 is 0 Å². The summed E-state index contributed by atoms with van der Waals surface area (Å²) in [5.74, 6) is 0.864. The number of benzene rings is 4. The monoisotopic (exact) mass is 532 g/mol. The number of carbonyl (C=O) groups is 2. The number of fused-ring (bicyclic) bond motifs is 4. The fourth-order valence-electron chi connectivity index (χ4n) is 5.93. The Morgan fingerprint density at radius 2 is 1.73 bits per heavy atom. The van der Waals surface area contributed by atoms with E-state index in [0.717, 1.165) is 45.2 Å². The number of amides is 1. The van der Waals surface area contributed by atoms with Crippen molar-refractivity contribution in [2.45, 2.75) is 32.7 Å². The Bertz CT molecular complexity index is 1660. The Morgan fingerprint density at radius 3 is 2.52 bits per heavy atom. The van der Waals surface area contributed by atoms with Crippen molar-refractivity contribution in [3.63, 3.8) is 0 Å². The number of para-hydroxylation sites is 1. The zero-order valence-electron chi connectivity index (χ0n) is 22.9. The molecule has 6 nitrogen and oxygen atoms in total. The van der Waals surface area contributed by atoms with Crippen LogP contribution in [0.3, 0.4) is 0 Å². The van der Waals surface area contributed by atoms with Gasteiger partial charge in [-0.05, 0) is 64.1 Å². The first-order chi connectivity index (χ1) is 19.3. The maximum Gasteiger partial charge on any atom is 0.262 e. The molecule has 1 atom stereocenters. The van der Waals surface area contributed by atoms with Crippen LogP contribution in [0.25, 0.3) is 16.3 Å². The van der Waals surface area contributed by atoms with Crippen LogP contribution >= 0.6 is 0 Å². The fourth-order valence-corrected chi connectivity index (χ4v) is 5.93. The average molecular weight is 533 g/mol. The Balaban J connectivity index is 1.34. The zero-order valence-corrected chi connectivity index (χ0v) is 22.9. The molecule has 4 aromatic carbocycles. The van der Waals surface area contributed by atoms with Crippen LogP contribution in [-0.4, -0.2) is 25.4 Å². The van der Waals surface area contributed by atoms with E-state index in [-0.39, 0.29) is 29.8 Å². The summed E-state index contributed by atoms with van der Waals surface area (Å²) in [5, 5.41) is 8.80. The molecule has 2 aliphatic rings. The Hall–Kier alpha value is -4.58. The predicted octanol–water partition coefficient (Wildman–Crippen LogP) is 7.18. The van der Waals surface area contributed by atoms with Crippen molar-refractivity contribution in [2.24, 2.45) is 5.41 Å². The molecule has 0 saturated heterocycles. The van der Waals surface area contributed by atoms with Gasteiger partial charge in [0.05, 0.1) is 13.2 Å². The molecule has 1 aliphatic heterocycles. The van der Waals surface area contributed by atoms with Crippen LogP contribution in [0.4, 0.5) is 11.4 Å². The van der Waals surface area contributed by atoms with Gasteiger partial charge < -0.3 is 20.1 Å². The second-order valence-electron chi connectivity index (χ2n) is 11.2. The lowest BCUT2D eigenvalue weighted by Gasteiger charge is -2.40. The number of ketones is 1. The molecule has 40 heavy (non-hydrogen) atoms. The first kappa shape index (κ1) is 25.7. The normalized spacial score (nSPS) is 17.5. The van der Waals surface area contributed by atoms with Crippen LogP contribution in [0, 0.1) is 5.41 Å². The number of hydrogen-bond donors (Lipinski definition) is 2. The van der Waals surface area contributed by atoms with Gasteiger partial charge in [-0.25, -0.2) is 0 Å². The highest BCUT2D eigenvalue weighted by molar-refractivity contribution is 6.12. The zero-order chi connectivity index (χ0) is 27.9. The van der Waals surface area contributed by atoms with Crippen LogP contribution in [0.15, 0.2) is 90.5 Å². The molecule has 0 saturated carbocycles. The van der Waals surface area contributed by atoms with Gasteiger partial charge in [-0.2, -0.15) is 0 Å². The van der Waals surface area contributed by atoms with Crippen molar-refractivity contribution >= 4 is 39.4 Å². The molecule has 1 heterocycles. The summed E-state index contributed by atoms with van der Waals surface area (Å²) in [4.78, 5) is 26.1. The quantitative estimate of drug-likeness (QED) is 0.275. The van der Waals surface area contributed by atoms with E-state index in [1.165, 1.54) is 0 Å². The molecule has 202 valence electrons. The highest BCUT2D eigenvalue weighted by atomic mass is 16.5. The van der Waals surface area contributed by atoms with Crippen molar-refractivity contribution in [1.82, 2.24) is 0 Å². The summed E-state index contributed by atoms with van der Waals surface area (Å²) in [6.45, 7) is 4.18. The van der Waals surface area contributed by atoms with E-state index >= 15 is 0 Å². The minimum atomic E-state index is -0.323. The number of anilines is 2. The van der Waals surface area contributed by atoms with Gasteiger partial charge in [0.1, 0.15) is 0 Å². The molecule has 6 rings (SSSR count). The molecular weight excluding hydrogens is 500 g/mol. The van der Waals surface area contributed by atoms with Gasteiger partial charge in [0, 0.05) is 28.9 Å². The minimum Gasteiger partial charge on any atom is -0.493 e. The summed E-state index contributed by atoms with van der Waals surface area (Å²) in [6.07, 6.45) is 1.32. The molecule has 0 spiro atoms. The summed E-state index contributed by atoms with van der Waals surface area (Å²) in [5.41, 5.74) is 5.57. The Kier molecular flexibility index (Phi) is 6.54. The Labute approximate surface area is 234 Å². The molecule has 1 aliphatic carbocycles. The molecule has 0 radical (unpaired) electrons. The van der Waals surface area contributed by atoms with E-state index in [1.54, 1.807) is 13.2 Å². The second kappa shape index (κ2) is 10.2. The third-order valence-electron chi connectivity index (χ3n) is 7.68. The number of ether oxygens (including phenoxy) is 2. The van der Waals surface area contributed by atoms with E-state index in [2.05, 4.69) is 54.8 Å². The third-order valence-corrected chi connectivity index (χ3v) is 7.68. The number of methoxy groups -OCH3 is 1. The number of Topliss-reactive ketones (excluding diaryl/α,β-unsaturated/α-hetero) is 1. The maximum absolute atomic E-state index is 13.7. The van der Waals surface area contributed by atoms with E-state index in [9.17, 15) is 9.59 Å². The number of allylic oxidation sites excluding steroid dienone is 1. The first-order valence-corrected chi connectivity index (χ1v) is 13.5. The lowest BCUT2D eigenvalue weighted by atomic mass is 9.68. The van der Waals surface area contributed by atoms with Gasteiger partial charge in [0.15, 0.2) is 23.9 Å². The van der Waals surface area contributed by atoms with Gasteiger partial charge in [-0.15, -0.1) is 0 Å². The van der Waals surface area contributed by atoms with Crippen LogP contribution < -0.4 is 20.1 Å². The molecule has 6 heteroatoms. The summed E-state index contributed by atoms with van der Waals surface area (Å²) in [6, 6.07) is 27.1. The van der Waals surface area contributed by atoms with Crippen molar-refractivity contribution in [1.29, 1.82) is 0 Å². The molecule has 0 unspecified atom stereocenters. The summed E-state index contributed by atoms with van der Waals surface area (Å²) < 4.78 is 11.5. The molecular formula is C34H32N2O4. The highest BCUT2D eigenvalue weighted by Crippen LogP contribution is 2.52. The fraction of sp³-hybridized carbons (Fsp3) is 0.235. The highest BCUT2D eigenvalue weighted by Gasteiger charge is 2.41. The summed E-state index contributed by atoms with van der Waals surface area (Å²) >= 11 is 0. The van der Waals surface area contributed by atoms with Crippen molar-refractivity contribution in [2.75, 3.05) is 24.4 Å². The molecule has 2 N–H and O–H groups in total. The van der Waals surface area contributed by atoms with Crippen LogP contribution in [0.5, 0.6) is 11.5 Å². The maximum atomic E-state index is 13.7. The SMILES string of the molecule is COc1cc([C@H]2Nc3ccc4ccccc4c3C3=C2C(=O)CC(C)(C)C3)ccc1OCC(=O)Nc1ccccc1. The van der Waals surface area contributed by atoms with Gasteiger partial charge in [0.2, 0.25) is 0 Å². The van der Waals surface area contributed by atoms with Crippen LogP contribution in [-0.2, 0) is 9.59 Å². The number of nitrogens with one attached hydrogen (secondary N) is 2. The van der Waals surface area contributed by atoms with Crippen molar-refractivity contribution < 1.29 is 19.1 Å². The first-order valence-electron chi connectivity index (χ1n) is 13.5. The molecule has 4 aromatic rings. The van der Waals surface area contributed by atoms with Gasteiger partial charge in [-0.3, -0.25) is 9.59 Å². The van der Waals surface area contributed by atoms with E-state index in [0.29, 0.717) is 23.6 Å². The summed E-state index contributed by atoms with van der Waals surface area (Å²) in [7, 11) is 1.57. The number of hydrogen-bond acceptors (Lipinski definition) is 5. The lowest BCUT2D eigenvalue weighted by molar-refractivity contribution is -0.118. The molecule has 1 amide bonds. The van der Waals surface area contributed by atoms with E-state index in [1.807, 2.05) is 48.5 Å². The standard InChI is InChI=1S/C34H32N2O4/c1-34(2)18-25-31-24-12-8-7-9-21(24)13-15-26(31)36-33(32(25)27(37)19-34)22-14-16-28(29(17-22)39-3)40-20-30(38)35-23-10-5-4-6-11-23/h4-17,33,36H,18-20H2,1-3H3,(H,35,38)/t33-/m1/s1. The Morgan fingerprint density at radius 1 is 0.950 bits per heavy atom. The lowest BCUT2D eigenvalue weighted by Crippen LogP contribution is -2.33. The predicted molar refractivity (Wildman–Crippen MR) is 159 cm³/mol. The van der Waals surface area contributed by atoms with Gasteiger partial charge in [0.25, 0.3) is 5.91 Å². The molecule has 0 bridgehead atoms. The van der Waals surface area contributed by atoms with Gasteiger partial charge in [-0.1, -0.05) is 68.4 Å². The molecule has 0 aromatic heterocycles. The molecule has 0 fully saturated rings. The number of carbonyl (C=O) groups excluding carboxylic acids is 2. The van der Waals surface area contributed by atoms with Crippen LogP contribution in [0.2, 0.25) is 0 Å². The van der Waals surface area contributed by atoms with E-state index < -0.39 is 0 Å². The van der Waals surface area contributed by atoms with E-state index in [4.69, 9.17) is 9.47 Å². The smallest absolute Gasteiger partial charge is 0.262 e.